The van der Waals surface area contributed by atoms with E-state index in [1.54, 1.807) is 17.0 Å². The Morgan fingerprint density at radius 1 is 0.971 bits per heavy atom. The third-order valence-corrected chi connectivity index (χ3v) is 8.57. The molecule has 2 aliphatic heterocycles. The molecule has 9 heteroatoms. The Bertz CT molecular complexity index is 1150. The number of rotatable bonds is 5. The molecule has 0 saturated carbocycles. The zero-order valence-electron chi connectivity index (χ0n) is 19.4. The van der Waals surface area contributed by atoms with Gasteiger partial charge in [-0.05, 0) is 50.5 Å². The molecule has 0 unspecified atom stereocenters. The number of aliphatic carboxylic acids is 1. The van der Waals surface area contributed by atoms with Gasteiger partial charge in [-0.1, -0.05) is 36.4 Å². The third-order valence-electron chi connectivity index (χ3n) is 6.74. The lowest BCUT2D eigenvalue weighted by molar-refractivity contribution is -0.145. The fraction of sp³-hybridized carbons (Fsp3) is 0.440. The number of nitrogens with zero attached hydrogens (tertiary/aromatic N) is 2. The maximum Gasteiger partial charge on any atom is 0.314 e. The molecule has 0 spiro atoms. The number of carbonyl (C=O) groups is 2. The molecule has 0 bridgehead atoms. The van der Waals surface area contributed by atoms with Gasteiger partial charge in [0, 0.05) is 31.7 Å². The average molecular weight is 487 g/mol. The molecular weight excluding hydrogens is 456 g/mol. The number of hydrogen-bond acceptors (Lipinski definition) is 5. The third kappa shape index (κ3) is 4.60. The summed E-state index contributed by atoms with van der Waals surface area (Å²) in [5, 5.41) is 9.99. The Labute approximate surface area is 200 Å². The zero-order chi connectivity index (χ0) is 24.5. The van der Waals surface area contributed by atoms with Crippen molar-refractivity contribution in [3.05, 3.63) is 65.7 Å². The first-order valence-electron chi connectivity index (χ1n) is 11.5. The lowest BCUT2D eigenvalue weighted by Crippen LogP contribution is -2.49. The van der Waals surface area contributed by atoms with E-state index in [1.807, 2.05) is 44.2 Å². The zero-order valence-corrected chi connectivity index (χ0v) is 20.2. The van der Waals surface area contributed by atoms with Crippen molar-refractivity contribution >= 4 is 21.9 Å². The molecule has 2 aromatic rings. The highest BCUT2D eigenvalue weighted by Crippen LogP contribution is 2.36. The van der Waals surface area contributed by atoms with Gasteiger partial charge in [-0.25, -0.2) is 8.42 Å². The summed E-state index contributed by atoms with van der Waals surface area (Å²) in [4.78, 5) is 27.1. The highest BCUT2D eigenvalue weighted by Gasteiger charge is 2.44. The van der Waals surface area contributed by atoms with E-state index in [2.05, 4.69) is 0 Å². The molecule has 2 atom stereocenters. The van der Waals surface area contributed by atoms with E-state index in [0.29, 0.717) is 12.8 Å². The Balaban J connectivity index is 1.52. The topological polar surface area (TPSA) is 104 Å². The van der Waals surface area contributed by atoms with Crippen LogP contribution in [-0.4, -0.2) is 73.0 Å². The number of carbonyl (C=O) groups excluding carboxylic acids is 1. The van der Waals surface area contributed by atoms with Crippen LogP contribution in [0.5, 0.6) is 0 Å². The monoisotopic (exact) mass is 486 g/mol. The van der Waals surface area contributed by atoms with E-state index in [-0.39, 0.29) is 54.8 Å². The summed E-state index contributed by atoms with van der Waals surface area (Å²) in [6, 6.07) is 15.2. The van der Waals surface area contributed by atoms with Crippen LogP contribution < -0.4 is 0 Å². The summed E-state index contributed by atoms with van der Waals surface area (Å²) in [6.45, 7) is 4.73. The second-order valence-corrected chi connectivity index (χ2v) is 11.1. The van der Waals surface area contributed by atoms with Crippen molar-refractivity contribution in [2.45, 2.75) is 49.2 Å². The second-order valence-electron chi connectivity index (χ2n) is 9.15. The summed E-state index contributed by atoms with van der Waals surface area (Å²) >= 11 is 0. The summed E-state index contributed by atoms with van der Waals surface area (Å²) in [5.41, 5.74) is -0.0259. The van der Waals surface area contributed by atoms with Gasteiger partial charge in [0.05, 0.1) is 22.5 Å². The highest BCUT2D eigenvalue weighted by atomic mass is 32.2. The van der Waals surface area contributed by atoms with Gasteiger partial charge in [-0.3, -0.25) is 9.59 Å². The molecule has 1 amide bonds. The number of ether oxygens (including phenoxy) is 1. The van der Waals surface area contributed by atoms with Crippen LogP contribution in [0.3, 0.4) is 0 Å². The van der Waals surface area contributed by atoms with Crippen molar-refractivity contribution in [1.82, 2.24) is 9.21 Å². The lowest BCUT2D eigenvalue weighted by Gasteiger charge is -2.39. The molecule has 2 heterocycles. The molecule has 4 rings (SSSR count). The van der Waals surface area contributed by atoms with Crippen LogP contribution in [0.1, 0.15) is 42.6 Å². The Morgan fingerprint density at radius 2 is 1.59 bits per heavy atom. The van der Waals surface area contributed by atoms with Gasteiger partial charge >= 0.3 is 5.97 Å². The van der Waals surface area contributed by atoms with Crippen LogP contribution in [0.15, 0.2) is 59.5 Å². The van der Waals surface area contributed by atoms with E-state index in [1.165, 1.54) is 16.4 Å². The molecule has 0 radical (unpaired) electrons. The van der Waals surface area contributed by atoms with E-state index in [9.17, 15) is 23.1 Å². The number of morpholine rings is 1. The van der Waals surface area contributed by atoms with Gasteiger partial charge in [0.25, 0.3) is 5.91 Å². The minimum Gasteiger partial charge on any atom is -0.481 e. The molecule has 2 fully saturated rings. The van der Waals surface area contributed by atoms with Crippen LogP contribution in [0.25, 0.3) is 0 Å². The number of carboxylic acid groups (broad SMARTS) is 1. The van der Waals surface area contributed by atoms with E-state index >= 15 is 0 Å². The van der Waals surface area contributed by atoms with Crippen molar-refractivity contribution in [1.29, 1.82) is 0 Å². The number of hydrogen-bond donors (Lipinski definition) is 1. The molecule has 34 heavy (non-hydrogen) atoms. The molecule has 2 aliphatic rings. The normalized spacial score (nSPS) is 23.4. The first-order chi connectivity index (χ1) is 16.1. The summed E-state index contributed by atoms with van der Waals surface area (Å²) in [5.74, 6) is -1.19. The Hall–Kier alpha value is -2.75. The van der Waals surface area contributed by atoms with Gasteiger partial charge in [-0.15, -0.1) is 0 Å². The number of piperidine rings is 1. The molecule has 0 aromatic heterocycles. The second kappa shape index (κ2) is 9.48. The highest BCUT2D eigenvalue weighted by molar-refractivity contribution is 7.89. The average Bonchev–Trinajstić information content (AvgIpc) is 2.83. The number of likely N-dealkylation sites (tertiary alicyclic amines) is 1. The molecular formula is C25H30N2O6S. The van der Waals surface area contributed by atoms with Gasteiger partial charge in [0.1, 0.15) is 0 Å². The van der Waals surface area contributed by atoms with Crippen LogP contribution in [0.4, 0.5) is 0 Å². The Morgan fingerprint density at radius 3 is 2.18 bits per heavy atom. The lowest BCUT2D eigenvalue weighted by atomic mass is 9.73. The molecule has 2 aromatic carbocycles. The minimum atomic E-state index is -3.78. The molecule has 1 N–H and O–H groups in total. The van der Waals surface area contributed by atoms with E-state index in [0.717, 1.165) is 5.56 Å². The quantitative estimate of drug-likeness (QED) is 0.697. The molecule has 2 saturated heterocycles. The maximum atomic E-state index is 13.2. The van der Waals surface area contributed by atoms with Crippen molar-refractivity contribution in [2.24, 2.45) is 0 Å². The fourth-order valence-electron chi connectivity index (χ4n) is 4.92. The number of carboxylic acids is 1. The van der Waals surface area contributed by atoms with Gasteiger partial charge in [0.2, 0.25) is 10.0 Å². The van der Waals surface area contributed by atoms with E-state index < -0.39 is 21.4 Å². The van der Waals surface area contributed by atoms with Crippen molar-refractivity contribution in [3.8, 4) is 0 Å². The summed E-state index contributed by atoms with van der Waals surface area (Å²) in [7, 11) is -3.78. The van der Waals surface area contributed by atoms with Crippen LogP contribution in [0, 0.1) is 0 Å². The molecule has 182 valence electrons. The fourth-order valence-corrected chi connectivity index (χ4v) is 6.56. The van der Waals surface area contributed by atoms with E-state index in [4.69, 9.17) is 4.74 Å². The van der Waals surface area contributed by atoms with Crippen molar-refractivity contribution < 1.29 is 27.9 Å². The SMILES string of the molecule is C[C@@H]1CN(S(=O)(=O)c2cccc(C(=O)N3CCC(C(=O)O)(c4ccccc4)CC3)c2)C[C@H](C)O1. The van der Waals surface area contributed by atoms with Gasteiger partial charge < -0.3 is 14.7 Å². The van der Waals surface area contributed by atoms with Crippen LogP contribution in [-0.2, 0) is 25.0 Å². The predicted molar refractivity (Wildman–Crippen MR) is 126 cm³/mol. The first-order valence-corrected chi connectivity index (χ1v) is 12.9. The van der Waals surface area contributed by atoms with Crippen molar-refractivity contribution in [2.75, 3.05) is 26.2 Å². The standard InChI is InChI=1S/C25H30N2O6S/c1-18-16-27(17-19(2)33-18)34(31,32)22-10-6-7-20(15-22)23(28)26-13-11-25(12-14-26,24(29)30)21-8-4-3-5-9-21/h3-10,15,18-19H,11-14,16-17H2,1-2H3,(H,29,30)/t18-,19+. The van der Waals surface area contributed by atoms with Gasteiger partial charge in [0.15, 0.2) is 0 Å². The minimum absolute atomic E-state index is 0.0702. The summed E-state index contributed by atoms with van der Waals surface area (Å²) in [6.07, 6.45) is 0.158. The summed E-state index contributed by atoms with van der Waals surface area (Å²) < 4.78 is 33.5. The molecule has 0 aliphatic carbocycles. The van der Waals surface area contributed by atoms with Gasteiger partial charge in [-0.2, -0.15) is 4.31 Å². The smallest absolute Gasteiger partial charge is 0.314 e. The van der Waals surface area contributed by atoms with Crippen LogP contribution >= 0.6 is 0 Å². The number of benzene rings is 2. The number of amides is 1. The number of sulfonamides is 1. The van der Waals surface area contributed by atoms with Crippen molar-refractivity contribution in [3.63, 3.8) is 0 Å². The molecule has 8 nitrogen and oxygen atoms in total. The van der Waals surface area contributed by atoms with Crippen LogP contribution in [0.2, 0.25) is 0 Å². The maximum absolute atomic E-state index is 13.2. The first kappa shape index (κ1) is 24.4. The largest absolute Gasteiger partial charge is 0.481 e. The predicted octanol–water partition coefficient (Wildman–Crippen LogP) is 2.74. The Kier molecular flexibility index (Phi) is 6.80.